The molecule has 3 heteroatoms. The number of fused-ring (bicyclic) bond motifs is 1. The lowest BCUT2D eigenvalue weighted by Gasteiger charge is -2.24. The first-order chi connectivity index (χ1) is 9.67. The van der Waals surface area contributed by atoms with Crippen LogP contribution >= 0.6 is 0 Å². The van der Waals surface area contributed by atoms with Crippen molar-refractivity contribution in [2.24, 2.45) is 11.8 Å². The van der Waals surface area contributed by atoms with Crippen molar-refractivity contribution < 1.29 is 9.53 Å². The van der Waals surface area contributed by atoms with Crippen LogP contribution in [0.4, 0.5) is 0 Å². The van der Waals surface area contributed by atoms with E-state index in [1.165, 1.54) is 18.4 Å². The van der Waals surface area contributed by atoms with Gasteiger partial charge in [-0.25, -0.2) is 0 Å². The summed E-state index contributed by atoms with van der Waals surface area (Å²) in [5.41, 5.74) is 1.24. The van der Waals surface area contributed by atoms with Crippen LogP contribution < -0.4 is 4.74 Å². The second-order valence-electron chi connectivity index (χ2n) is 6.30. The average Bonchev–Trinajstić information content (AvgIpc) is 2.92. The summed E-state index contributed by atoms with van der Waals surface area (Å²) in [4.78, 5) is 14.3. The van der Waals surface area contributed by atoms with Crippen molar-refractivity contribution in [3.63, 3.8) is 0 Å². The van der Waals surface area contributed by atoms with E-state index in [4.69, 9.17) is 4.74 Å². The van der Waals surface area contributed by atoms with Gasteiger partial charge in [-0.05, 0) is 48.8 Å². The zero-order valence-corrected chi connectivity index (χ0v) is 12.3. The zero-order valence-electron chi connectivity index (χ0n) is 12.3. The predicted molar refractivity (Wildman–Crippen MR) is 78.7 cm³/mol. The average molecular weight is 273 g/mol. The molecule has 1 aromatic rings. The number of hydrogen-bond donors (Lipinski definition) is 0. The van der Waals surface area contributed by atoms with Gasteiger partial charge in [0, 0.05) is 19.0 Å². The third kappa shape index (κ3) is 2.54. The SMILES string of the molecule is COc1cccc(CCN2C(=O)CC3CC(C)CC32)c1. The summed E-state index contributed by atoms with van der Waals surface area (Å²) in [6.45, 7) is 3.16. The van der Waals surface area contributed by atoms with E-state index in [2.05, 4.69) is 24.0 Å². The van der Waals surface area contributed by atoms with Crippen LogP contribution in [-0.2, 0) is 11.2 Å². The Morgan fingerprint density at radius 1 is 1.35 bits per heavy atom. The first-order valence-corrected chi connectivity index (χ1v) is 7.59. The molecule has 1 aliphatic carbocycles. The van der Waals surface area contributed by atoms with Gasteiger partial charge in [0.25, 0.3) is 0 Å². The maximum atomic E-state index is 12.1. The van der Waals surface area contributed by atoms with Crippen molar-refractivity contribution in [1.82, 2.24) is 4.90 Å². The molecular weight excluding hydrogens is 250 g/mol. The van der Waals surface area contributed by atoms with Crippen LogP contribution in [0.25, 0.3) is 0 Å². The Labute approximate surface area is 120 Å². The molecule has 0 aromatic heterocycles. The minimum Gasteiger partial charge on any atom is -0.497 e. The van der Waals surface area contributed by atoms with Crippen LogP contribution in [0.5, 0.6) is 5.75 Å². The van der Waals surface area contributed by atoms with E-state index in [1.54, 1.807) is 7.11 Å². The van der Waals surface area contributed by atoms with Crippen molar-refractivity contribution >= 4 is 5.91 Å². The number of benzene rings is 1. The molecule has 1 saturated heterocycles. The standard InChI is InChI=1S/C17H23NO2/c1-12-8-14-11-17(19)18(16(14)9-12)7-6-13-4-3-5-15(10-13)20-2/h3-5,10,12,14,16H,6-9,11H2,1-2H3. The van der Waals surface area contributed by atoms with Gasteiger partial charge >= 0.3 is 0 Å². The van der Waals surface area contributed by atoms with E-state index in [1.807, 2.05) is 12.1 Å². The number of hydrogen-bond acceptors (Lipinski definition) is 2. The van der Waals surface area contributed by atoms with Gasteiger partial charge in [0.2, 0.25) is 5.91 Å². The summed E-state index contributed by atoms with van der Waals surface area (Å²) in [6.07, 6.45) is 4.11. The number of carbonyl (C=O) groups excluding carboxylic acids is 1. The normalized spacial score (nSPS) is 28.8. The minimum atomic E-state index is 0.356. The molecule has 0 N–H and O–H groups in total. The van der Waals surface area contributed by atoms with E-state index in [0.717, 1.165) is 31.1 Å². The number of nitrogens with zero attached hydrogens (tertiary/aromatic N) is 1. The summed E-state index contributed by atoms with van der Waals surface area (Å²) >= 11 is 0. The van der Waals surface area contributed by atoms with E-state index in [0.29, 0.717) is 17.9 Å². The Hall–Kier alpha value is -1.51. The Balaban J connectivity index is 1.64. The molecule has 108 valence electrons. The van der Waals surface area contributed by atoms with Gasteiger partial charge in [0.15, 0.2) is 0 Å². The second-order valence-corrected chi connectivity index (χ2v) is 6.30. The van der Waals surface area contributed by atoms with Crippen LogP contribution in [0.15, 0.2) is 24.3 Å². The highest BCUT2D eigenvalue weighted by atomic mass is 16.5. The molecule has 2 aliphatic rings. The lowest BCUT2D eigenvalue weighted by atomic mass is 10.0. The Bertz CT molecular complexity index is 500. The first kappa shape index (κ1) is 13.5. The molecule has 0 spiro atoms. The van der Waals surface area contributed by atoms with E-state index < -0.39 is 0 Å². The molecule has 3 atom stereocenters. The number of likely N-dealkylation sites (tertiary alicyclic amines) is 1. The third-order valence-electron chi connectivity index (χ3n) is 4.83. The van der Waals surface area contributed by atoms with Crippen LogP contribution in [0.1, 0.15) is 31.7 Å². The quantitative estimate of drug-likeness (QED) is 0.844. The largest absolute Gasteiger partial charge is 0.497 e. The highest BCUT2D eigenvalue weighted by Gasteiger charge is 2.44. The summed E-state index contributed by atoms with van der Waals surface area (Å²) in [6, 6.07) is 8.65. The number of rotatable bonds is 4. The third-order valence-corrected chi connectivity index (χ3v) is 4.83. The molecule has 1 amide bonds. The monoisotopic (exact) mass is 273 g/mol. The molecule has 3 unspecified atom stereocenters. The lowest BCUT2D eigenvalue weighted by Crippen LogP contribution is -2.35. The molecule has 20 heavy (non-hydrogen) atoms. The van der Waals surface area contributed by atoms with Gasteiger partial charge in [-0.3, -0.25) is 4.79 Å². The van der Waals surface area contributed by atoms with Gasteiger partial charge in [-0.15, -0.1) is 0 Å². The van der Waals surface area contributed by atoms with Gasteiger partial charge in [0.05, 0.1) is 7.11 Å². The fourth-order valence-corrected chi connectivity index (χ4v) is 3.87. The molecular formula is C17H23NO2. The first-order valence-electron chi connectivity index (χ1n) is 7.59. The topological polar surface area (TPSA) is 29.5 Å². The summed E-state index contributed by atoms with van der Waals surface area (Å²) < 4.78 is 5.25. The summed E-state index contributed by atoms with van der Waals surface area (Å²) in [7, 11) is 1.69. The highest BCUT2D eigenvalue weighted by Crippen LogP contribution is 2.41. The molecule has 3 rings (SSSR count). The molecule has 1 saturated carbocycles. The molecule has 3 nitrogen and oxygen atoms in total. The van der Waals surface area contributed by atoms with Crippen LogP contribution in [0.3, 0.4) is 0 Å². The molecule has 1 heterocycles. The number of amides is 1. The van der Waals surface area contributed by atoms with Gasteiger partial charge in [-0.1, -0.05) is 19.1 Å². The van der Waals surface area contributed by atoms with Crippen molar-refractivity contribution in [1.29, 1.82) is 0 Å². The van der Waals surface area contributed by atoms with E-state index >= 15 is 0 Å². The zero-order chi connectivity index (χ0) is 14.1. The van der Waals surface area contributed by atoms with Gasteiger partial charge in [-0.2, -0.15) is 0 Å². The number of carbonyl (C=O) groups is 1. The van der Waals surface area contributed by atoms with Crippen LogP contribution in [0.2, 0.25) is 0 Å². The fourth-order valence-electron chi connectivity index (χ4n) is 3.87. The van der Waals surface area contributed by atoms with Crippen molar-refractivity contribution in [2.45, 2.75) is 38.6 Å². The molecule has 0 bridgehead atoms. The molecule has 0 radical (unpaired) electrons. The van der Waals surface area contributed by atoms with Crippen molar-refractivity contribution in [3.8, 4) is 5.75 Å². The summed E-state index contributed by atoms with van der Waals surface area (Å²) in [5.74, 6) is 2.64. The Morgan fingerprint density at radius 2 is 2.20 bits per heavy atom. The predicted octanol–water partition coefficient (Wildman–Crippen LogP) is 2.88. The molecule has 1 aromatic carbocycles. The Kier molecular flexibility index (Phi) is 3.68. The van der Waals surface area contributed by atoms with Gasteiger partial charge in [0.1, 0.15) is 5.75 Å². The molecule has 1 aliphatic heterocycles. The van der Waals surface area contributed by atoms with Crippen LogP contribution in [0, 0.1) is 11.8 Å². The second kappa shape index (κ2) is 5.47. The number of methoxy groups -OCH3 is 1. The summed E-state index contributed by atoms with van der Waals surface area (Å²) in [5, 5.41) is 0. The fraction of sp³-hybridized carbons (Fsp3) is 0.588. The van der Waals surface area contributed by atoms with Crippen LogP contribution in [-0.4, -0.2) is 30.5 Å². The maximum absolute atomic E-state index is 12.1. The lowest BCUT2D eigenvalue weighted by molar-refractivity contribution is -0.129. The van der Waals surface area contributed by atoms with Crippen molar-refractivity contribution in [2.75, 3.05) is 13.7 Å². The smallest absolute Gasteiger partial charge is 0.223 e. The number of ether oxygens (including phenoxy) is 1. The molecule has 2 fully saturated rings. The van der Waals surface area contributed by atoms with E-state index in [9.17, 15) is 4.79 Å². The van der Waals surface area contributed by atoms with E-state index in [-0.39, 0.29) is 0 Å². The van der Waals surface area contributed by atoms with Crippen molar-refractivity contribution in [3.05, 3.63) is 29.8 Å². The maximum Gasteiger partial charge on any atom is 0.223 e. The van der Waals surface area contributed by atoms with Gasteiger partial charge < -0.3 is 9.64 Å². The minimum absolute atomic E-state index is 0.356. The Morgan fingerprint density at radius 3 is 3.00 bits per heavy atom. The highest BCUT2D eigenvalue weighted by molar-refractivity contribution is 5.79.